The lowest BCUT2D eigenvalue weighted by atomic mass is 10.2. The summed E-state index contributed by atoms with van der Waals surface area (Å²) in [6.07, 6.45) is 0.844. The Bertz CT molecular complexity index is 944. The Kier molecular flexibility index (Phi) is 6.65. The van der Waals surface area contributed by atoms with E-state index in [0.29, 0.717) is 16.5 Å². The predicted octanol–water partition coefficient (Wildman–Crippen LogP) is 5.05. The Morgan fingerprint density at radius 2 is 1.68 bits per heavy atom. The van der Waals surface area contributed by atoms with Crippen molar-refractivity contribution >= 4 is 23.7 Å². The molecule has 6 heteroatoms. The SMILES string of the molecule is C[C@@H](Oc1ccc(Cl)cc1)C(=O)N/N=C\c1cccc(Oc2ccccc2)c1. The summed E-state index contributed by atoms with van der Waals surface area (Å²) in [5.74, 6) is 1.63. The summed E-state index contributed by atoms with van der Waals surface area (Å²) in [6, 6.07) is 23.7. The third-order valence-electron chi connectivity index (χ3n) is 3.72. The lowest BCUT2D eigenvalue weighted by molar-refractivity contribution is -0.127. The molecule has 3 rings (SSSR count). The van der Waals surface area contributed by atoms with E-state index in [0.717, 1.165) is 11.3 Å². The average molecular weight is 395 g/mol. The van der Waals surface area contributed by atoms with Gasteiger partial charge >= 0.3 is 0 Å². The number of hydrogen-bond acceptors (Lipinski definition) is 4. The van der Waals surface area contributed by atoms with Gasteiger partial charge in [0.05, 0.1) is 6.21 Å². The highest BCUT2D eigenvalue weighted by Gasteiger charge is 2.13. The van der Waals surface area contributed by atoms with Crippen LogP contribution in [0.15, 0.2) is 84.0 Å². The third-order valence-corrected chi connectivity index (χ3v) is 3.97. The van der Waals surface area contributed by atoms with Crippen LogP contribution < -0.4 is 14.9 Å². The van der Waals surface area contributed by atoms with Gasteiger partial charge in [0.25, 0.3) is 5.91 Å². The molecule has 0 aliphatic rings. The van der Waals surface area contributed by atoms with Crippen LogP contribution in [0.25, 0.3) is 0 Å². The number of ether oxygens (including phenoxy) is 2. The second kappa shape index (κ2) is 9.58. The quantitative estimate of drug-likeness (QED) is 0.450. The van der Waals surface area contributed by atoms with Gasteiger partial charge in [-0.1, -0.05) is 41.9 Å². The van der Waals surface area contributed by atoms with E-state index < -0.39 is 6.10 Å². The van der Waals surface area contributed by atoms with Crippen LogP contribution in [0.4, 0.5) is 0 Å². The number of carbonyl (C=O) groups excluding carboxylic acids is 1. The summed E-state index contributed by atoms with van der Waals surface area (Å²) in [7, 11) is 0. The Labute approximate surface area is 168 Å². The van der Waals surface area contributed by atoms with Gasteiger partial charge in [0.2, 0.25) is 0 Å². The van der Waals surface area contributed by atoms with Crippen molar-refractivity contribution in [2.24, 2.45) is 5.10 Å². The number of benzene rings is 3. The first kappa shape index (κ1) is 19.5. The average Bonchev–Trinajstić information content (AvgIpc) is 2.71. The maximum atomic E-state index is 12.1. The van der Waals surface area contributed by atoms with Gasteiger partial charge in [-0.3, -0.25) is 4.79 Å². The van der Waals surface area contributed by atoms with Crippen molar-refractivity contribution in [2.45, 2.75) is 13.0 Å². The minimum Gasteiger partial charge on any atom is -0.481 e. The van der Waals surface area contributed by atoms with Crippen LogP contribution in [-0.2, 0) is 4.79 Å². The van der Waals surface area contributed by atoms with Crippen LogP contribution in [-0.4, -0.2) is 18.2 Å². The number of rotatable bonds is 7. The minimum atomic E-state index is -0.703. The maximum absolute atomic E-state index is 12.1. The number of para-hydroxylation sites is 1. The summed E-state index contributed by atoms with van der Waals surface area (Å²) in [4.78, 5) is 12.1. The molecule has 0 unspecified atom stereocenters. The second-order valence-corrected chi connectivity index (χ2v) is 6.37. The molecule has 1 amide bonds. The molecule has 0 radical (unpaired) electrons. The van der Waals surface area contributed by atoms with Crippen LogP contribution in [0.2, 0.25) is 5.02 Å². The van der Waals surface area contributed by atoms with Crippen LogP contribution in [0.5, 0.6) is 17.2 Å². The van der Waals surface area contributed by atoms with E-state index in [1.54, 1.807) is 37.4 Å². The first-order valence-corrected chi connectivity index (χ1v) is 9.06. The van der Waals surface area contributed by atoms with Gasteiger partial charge in [-0.15, -0.1) is 0 Å². The summed E-state index contributed by atoms with van der Waals surface area (Å²) in [5.41, 5.74) is 3.26. The fourth-order valence-corrected chi connectivity index (χ4v) is 2.44. The van der Waals surface area contributed by atoms with Gasteiger partial charge in [0.1, 0.15) is 17.2 Å². The van der Waals surface area contributed by atoms with E-state index in [1.165, 1.54) is 0 Å². The van der Waals surface area contributed by atoms with Crippen LogP contribution >= 0.6 is 11.6 Å². The van der Waals surface area contributed by atoms with Crippen molar-refractivity contribution in [1.82, 2.24) is 5.43 Å². The molecule has 0 bridgehead atoms. The van der Waals surface area contributed by atoms with E-state index in [1.807, 2.05) is 54.6 Å². The van der Waals surface area contributed by atoms with Gasteiger partial charge in [0, 0.05) is 5.02 Å². The van der Waals surface area contributed by atoms with Gasteiger partial charge in [-0.05, 0) is 61.0 Å². The molecule has 5 nitrogen and oxygen atoms in total. The summed E-state index contributed by atoms with van der Waals surface area (Å²) in [5, 5.41) is 4.59. The normalized spacial score (nSPS) is 11.8. The zero-order chi connectivity index (χ0) is 19.8. The Balaban J connectivity index is 1.54. The molecule has 3 aromatic rings. The lowest BCUT2D eigenvalue weighted by Crippen LogP contribution is -2.33. The molecular weight excluding hydrogens is 376 g/mol. The molecule has 0 spiro atoms. The molecule has 0 fully saturated rings. The number of halogens is 1. The molecule has 1 atom stereocenters. The molecule has 3 aromatic carbocycles. The van der Waals surface area contributed by atoms with E-state index in [2.05, 4.69) is 10.5 Å². The molecule has 0 saturated heterocycles. The number of carbonyl (C=O) groups is 1. The van der Waals surface area contributed by atoms with Crippen LogP contribution in [0.1, 0.15) is 12.5 Å². The first-order chi connectivity index (χ1) is 13.6. The molecule has 1 N–H and O–H groups in total. The molecule has 142 valence electrons. The van der Waals surface area contributed by atoms with Gasteiger partial charge in [-0.2, -0.15) is 5.10 Å². The number of nitrogens with zero attached hydrogens (tertiary/aromatic N) is 1. The molecule has 0 aliphatic heterocycles. The molecule has 0 saturated carbocycles. The van der Waals surface area contributed by atoms with Gasteiger partial charge in [0.15, 0.2) is 6.10 Å². The van der Waals surface area contributed by atoms with E-state index in [4.69, 9.17) is 21.1 Å². The molecule has 0 aromatic heterocycles. The van der Waals surface area contributed by atoms with E-state index in [9.17, 15) is 4.79 Å². The van der Waals surface area contributed by atoms with Crippen molar-refractivity contribution in [1.29, 1.82) is 0 Å². The van der Waals surface area contributed by atoms with Crippen molar-refractivity contribution in [2.75, 3.05) is 0 Å². The van der Waals surface area contributed by atoms with Crippen molar-refractivity contribution in [3.8, 4) is 17.2 Å². The summed E-state index contributed by atoms with van der Waals surface area (Å²) < 4.78 is 11.3. The van der Waals surface area contributed by atoms with E-state index in [-0.39, 0.29) is 5.91 Å². The van der Waals surface area contributed by atoms with E-state index >= 15 is 0 Å². The number of nitrogens with one attached hydrogen (secondary N) is 1. The zero-order valence-corrected chi connectivity index (χ0v) is 16.0. The molecule has 0 aliphatic carbocycles. The van der Waals surface area contributed by atoms with Crippen LogP contribution in [0.3, 0.4) is 0 Å². The Morgan fingerprint density at radius 1 is 0.964 bits per heavy atom. The predicted molar refractivity (Wildman–Crippen MR) is 110 cm³/mol. The summed E-state index contributed by atoms with van der Waals surface area (Å²) in [6.45, 7) is 1.65. The zero-order valence-electron chi connectivity index (χ0n) is 15.2. The van der Waals surface area contributed by atoms with Crippen molar-refractivity contribution in [3.05, 3.63) is 89.4 Å². The van der Waals surface area contributed by atoms with Gasteiger partial charge < -0.3 is 9.47 Å². The van der Waals surface area contributed by atoms with Gasteiger partial charge in [-0.25, -0.2) is 5.43 Å². The highest BCUT2D eigenvalue weighted by atomic mass is 35.5. The monoisotopic (exact) mass is 394 g/mol. The largest absolute Gasteiger partial charge is 0.481 e. The second-order valence-electron chi connectivity index (χ2n) is 5.94. The van der Waals surface area contributed by atoms with Crippen LogP contribution in [0, 0.1) is 0 Å². The minimum absolute atomic E-state index is 0.358. The Hall–Kier alpha value is -3.31. The Morgan fingerprint density at radius 3 is 2.43 bits per heavy atom. The number of hydrogen-bond donors (Lipinski definition) is 1. The fourth-order valence-electron chi connectivity index (χ4n) is 2.32. The van der Waals surface area contributed by atoms with Crippen molar-refractivity contribution in [3.63, 3.8) is 0 Å². The molecule has 28 heavy (non-hydrogen) atoms. The van der Waals surface area contributed by atoms with Crippen molar-refractivity contribution < 1.29 is 14.3 Å². The molecular formula is C22H19ClN2O3. The highest BCUT2D eigenvalue weighted by Crippen LogP contribution is 2.21. The highest BCUT2D eigenvalue weighted by molar-refractivity contribution is 6.30. The molecule has 0 heterocycles. The fraction of sp³-hybridized carbons (Fsp3) is 0.0909. The third kappa shape index (κ3) is 5.86. The maximum Gasteiger partial charge on any atom is 0.280 e. The smallest absolute Gasteiger partial charge is 0.280 e. The topological polar surface area (TPSA) is 59.9 Å². The standard InChI is InChI=1S/C22H19ClN2O3/c1-16(27-20-12-10-18(23)11-13-20)22(26)25-24-15-17-6-5-9-21(14-17)28-19-7-3-2-4-8-19/h2-16H,1H3,(H,25,26)/b24-15-/t16-/m1/s1. The summed E-state index contributed by atoms with van der Waals surface area (Å²) >= 11 is 5.83. The lowest BCUT2D eigenvalue weighted by Gasteiger charge is -2.12. The number of hydrazone groups is 1. The first-order valence-electron chi connectivity index (χ1n) is 8.68. The number of amides is 1.